The summed E-state index contributed by atoms with van der Waals surface area (Å²) in [6, 6.07) is 27.9. The second-order valence-corrected chi connectivity index (χ2v) is 14.7. The standard InChI is InChI=1S/C38H42ClN3O4S/c1-27-19-21-34(22-20-27)47(45,46)42(35-18-9-11-28(2)29(35)3)26-37(43)41(25-31-14-10-15-32(39)23-31)36(24-30-12-5-4-6-13-30)38(44)40-33-16-7-8-17-33/h4-6,9-15,18-23,33,36H,7-8,16-17,24-26H2,1-3H3,(H,40,44). The van der Waals surface area contributed by atoms with Crippen LogP contribution in [-0.4, -0.2) is 43.8 Å². The van der Waals surface area contributed by atoms with Crippen molar-refractivity contribution < 1.29 is 18.0 Å². The number of anilines is 1. The van der Waals surface area contributed by atoms with Gasteiger partial charge in [0, 0.05) is 24.0 Å². The molecule has 0 spiro atoms. The van der Waals surface area contributed by atoms with Crippen LogP contribution in [0.2, 0.25) is 5.02 Å². The van der Waals surface area contributed by atoms with Crippen molar-refractivity contribution >= 4 is 39.1 Å². The Morgan fingerprint density at radius 2 is 1.51 bits per heavy atom. The Morgan fingerprint density at radius 3 is 2.19 bits per heavy atom. The van der Waals surface area contributed by atoms with Gasteiger partial charge in [-0.3, -0.25) is 13.9 Å². The SMILES string of the molecule is Cc1ccc(S(=O)(=O)N(CC(=O)N(Cc2cccc(Cl)c2)C(Cc2ccccc2)C(=O)NC2CCCC2)c2cccc(C)c2C)cc1. The number of aryl methyl sites for hydroxylation is 2. The fourth-order valence-corrected chi connectivity index (χ4v) is 7.79. The molecule has 1 unspecified atom stereocenters. The third kappa shape index (κ3) is 8.42. The van der Waals surface area contributed by atoms with E-state index < -0.39 is 28.5 Å². The molecule has 4 aromatic carbocycles. The number of benzene rings is 4. The highest BCUT2D eigenvalue weighted by Gasteiger charge is 2.36. The van der Waals surface area contributed by atoms with Gasteiger partial charge in [-0.05, 0) is 86.2 Å². The summed E-state index contributed by atoms with van der Waals surface area (Å²) in [5.74, 6) is -0.750. The van der Waals surface area contributed by atoms with Crippen LogP contribution < -0.4 is 9.62 Å². The number of nitrogens with zero attached hydrogens (tertiary/aromatic N) is 2. The van der Waals surface area contributed by atoms with E-state index in [4.69, 9.17) is 11.6 Å². The first-order valence-corrected chi connectivity index (χ1v) is 17.9. The number of nitrogens with one attached hydrogen (secondary N) is 1. The minimum atomic E-state index is -4.18. The molecule has 7 nitrogen and oxygen atoms in total. The van der Waals surface area contributed by atoms with Gasteiger partial charge in [-0.25, -0.2) is 8.42 Å². The summed E-state index contributed by atoms with van der Waals surface area (Å²) >= 11 is 6.36. The van der Waals surface area contributed by atoms with Crippen molar-refractivity contribution in [2.75, 3.05) is 10.8 Å². The van der Waals surface area contributed by atoms with Gasteiger partial charge in [-0.15, -0.1) is 0 Å². The van der Waals surface area contributed by atoms with Gasteiger partial charge in [0.15, 0.2) is 0 Å². The third-order valence-electron chi connectivity index (χ3n) is 8.95. The summed E-state index contributed by atoms with van der Waals surface area (Å²) in [7, 11) is -4.18. The van der Waals surface area contributed by atoms with E-state index >= 15 is 0 Å². The van der Waals surface area contributed by atoms with Crippen molar-refractivity contribution in [2.24, 2.45) is 0 Å². The Morgan fingerprint density at radius 1 is 0.851 bits per heavy atom. The third-order valence-corrected chi connectivity index (χ3v) is 11.0. The zero-order valence-corrected chi connectivity index (χ0v) is 28.7. The van der Waals surface area contributed by atoms with Gasteiger partial charge in [0.25, 0.3) is 10.0 Å². The minimum Gasteiger partial charge on any atom is -0.352 e. The van der Waals surface area contributed by atoms with Gasteiger partial charge in [-0.1, -0.05) is 96.7 Å². The lowest BCUT2D eigenvalue weighted by atomic mass is 10.0. The number of carbonyl (C=O) groups excluding carboxylic acids is 2. The predicted octanol–water partition coefficient (Wildman–Crippen LogP) is 7.16. The maximum absolute atomic E-state index is 14.7. The molecule has 1 aliphatic rings. The largest absolute Gasteiger partial charge is 0.352 e. The van der Waals surface area contributed by atoms with Gasteiger partial charge >= 0.3 is 0 Å². The molecular formula is C38H42ClN3O4S. The maximum atomic E-state index is 14.7. The zero-order valence-electron chi connectivity index (χ0n) is 27.2. The van der Waals surface area contributed by atoms with Crippen molar-refractivity contribution in [1.82, 2.24) is 10.2 Å². The van der Waals surface area contributed by atoms with Crippen LogP contribution in [0.25, 0.3) is 0 Å². The van der Waals surface area contributed by atoms with Crippen molar-refractivity contribution in [3.8, 4) is 0 Å². The average molecular weight is 672 g/mol. The van der Waals surface area contributed by atoms with E-state index in [9.17, 15) is 18.0 Å². The van der Waals surface area contributed by atoms with Crippen LogP contribution in [0.5, 0.6) is 0 Å². The second-order valence-electron chi connectivity index (χ2n) is 12.4. The number of amides is 2. The van der Waals surface area contributed by atoms with E-state index in [1.165, 1.54) is 9.21 Å². The molecule has 0 radical (unpaired) electrons. The highest BCUT2D eigenvalue weighted by atomic mass is 35.5. The number of sulfonamides is 1. The smallest absolute Gasteiger partial charge is 0.264 e. The van der Waals surface area contributed by atoms with E-state index in [2.05, 4.69) is 5.32 Å². The van der Waals surface area contributed by atoms with E-state index in [1.807, 2.05) is 63.2 Å². The Hall–Kier alpha value is -4.14. The number of hydrogen-bond donors (Lipinski definition) is 1. The predicted molar refractivity (Wildman–Crippen MR) is 188 cm³/mol. The molecule has 4 aromatic rings. The van der Waals surface area contributed by atoms with Gasteiger partial charge in [0.2, 0.25) is 11.8 Å². The van der Waals surface area contributed by atoms with Crippen molar-refractivity contribution in [3.63, 3.8) is 0 Å². The average Bonchev–Trinajstić information content (AvgIpc) is 3.56. The highest BCUT2D eigenvalue weighted by Crippen LogP contribution is 2.30. The molecule has 1 fully saturated rings. The van der Waals surface area contributed by atoms with Crippen LogP contribution >= 0.6 is 11.6 Å². The molecule has 1 aliphatic carbocycles. The molecule has 0 saturated heterocycles. The highest BCUT2D eigenvalue weighted by molar-refractivity contribution is 7.92. The van der Waals surface area contributed by atoms with Crippen LogP contribution in [0.3, 0.4) is 0 Å². The van der Waals surface area contributed by atoms with E-state index in [-0.39, 0.29) is 29.8 Å². The number of rotatable bonds is 12. The molecular weight excluding hydrogens is 630 g/mol. The molecule has 0 aliphatic heterocycles. The lowest BCUT2D eigenvalue weighted by Crippen LogP contribution is -2.54. The Kier molecular flexibility index (Phi) is 11.0. The summed E-state index contributed by atoms with van der Waals surface area (Å²) in [6.07, 6.45) is 4.13. The lowest BCUT2D eigenvalue weighted by Gasteiger charge is -2.34. The first-order chi connectivity index (χ1) is 22.5. The minimum absolute atomic E-state index is 0.0391. The second kappa shape index (κ2) is 15.2. The molecule has 2 amide bonds. The molecule has 1 atom stereocenters. The molecule has 1 saturated carbocycles. The van der Waals surface area contributed by atoms with Gasteiger partial charge in [0.1, 0.15) is 12.6 Å². The Labute approximate surface area is 283 Å². The molecule has 0 bridgehead atoms. The summed E-state index contributed by atoms with van der Waals surface area (Å²) in [4.78, 5) is 30.5. The molecule has 9 heteroatoms. The number of halogens is 1. The van der Waals surface area contributed by atoms with Crippen LogP contribution in [0.1, 0.15) is 53.5 Å². The summed E-state index contributed by atoms with van der Waals surface area (Å²) < 4.78 is 29.9. The molecule has 47 heavy (non-hydrogen) atoms. The molecule has 1 N–H and O–H groups in total. The van der Waals surface area contributed by atoms with Crippen molar-refractivity contribution in [3.05, 3.63) is 130 Å². The Bertz CT molecular complexity index is 1810. The van der Waals surface area contributed by atoms with Gasteiger partial charge < -0.3 is 10.2 Å². The zero-order chi connectivity index (χ0) is 33.6. The van der Waals surface area contributed by atoms with Crippen LogP contribution in [0.15, 0.2) is 102 Å². The normalized spacial score (nSPS) is 14.0. The number of hydrogen-bond acceptors (Lipinski definition) is 4. The fourth-order valence-electron chi connectivity index (χ4n) is 6.11. The first-order valence-electron chi connectivity index (χ1n) is 16.1. The van der Waals surface area contributed by atoms with Gasteiger partial charge in [-0.2, -0.15) is 0 Å². The van der Waals surface area contributed by atoms with E-state index in [0.717, 1.165) is 53.5 Å². The fraction of sp³-hybridized carbons (Fsp3) is 0.316. The Balaban J connectivity index is 1.59. The van der Waals surface area contributed by atoms with Crippen molar-refractivity contribution in [2.45, 2.75) is 76.4 Å². The van der Waals surface area contributed by atoms with E-state index in [0.29, 0.717) is 10.7 Å². The summed E-state index contributed by atoms with van der Waals surface area (Å²) in [6.45, 7) is 5.22. The summed E-state index contributed by atoms with van der Waals surface area (Å²) in [5, 5.41) is 3.71. The molecule has 0 aromatic heterocycles. The molecule has 5 rings (SSSR count). The van der Waals surface area contributed by atoms with E-state index in [1.54, 1.807) is 54.6 Å². The monoisotopic (exact) mass is 671 g/mol. The first kappa shape index (κ1) is 34.2. The van der Waals surface area contributed by atoms with Crippen LogP contribution in [0, 0.1) is 20.8 Å². The molecule has 0 heterocycles. The maximum Gasteiger partial charge on any atom is 0.264 e. The number of carbonyl (C=O) groups is 2. The van der Waals surface area contributed by atoms with Crippen LogP contribution in [-0.2, 0) is 32.6 Å². The molecule has 246 valence electrons. The quantitative estimate of drug-likeness (QED) is 0.173. The van der Waals surface area contributed by atoms with Crippen LogP contribution in [0.4, 0.5) is 5.69 Å². The van der Waals surface area contributed by atoms with Crippen molar-refractivity contribution in [1.29, 1.82) is 0 Å². The summed E-state index contributed by atoms with van der Waals surface area (Å²) in [5.41, 5.74) is 4.60. The lowest BCUT2D eigenvalue weighted by molar-refractivity contribution is -0.140. The topological polar surface area (TPSA) is 86.8 Å². The van der Waals surface area contributed by atoms with Gasteiger partial charge in [0.05, 0.1) is 10.6 Å².